The number of hydrogen-bond donors (Lipinski definition) is 1. The predicted octanol–water partition coefficient (Wildman–Crippen LogP) is 2.64. The average Bonchev–Trinajstić information content (AvgIpc) is 2.67. The van der Waals surface area contributed by atoms with E-state index in [4.69, 9.17) is 0 Å². The molecule has 3 aromatic rings. The van der Waals surface area contributed by atoms with Gasteiger partial charge in [-0.3, -0.25) is 9.59 Å². The summed E-state index contributed by atoms with van der Waals surface area (Å²) >= 11 is 0. The summed E-state index contributed by atoms with van der Waals surface area (Å²) in [5.74, 6) is -0.474. The van der Waals surface area contributed by atoms with Crippen molar-refractivity contribution >= 4 is 21.4 Å². The van der Waals surface area contributed by atoms with Crippen LogP contribution >= 0.6 is 0 Å². The average molecular weight is 411 g/mol. The Balaban J connectivity index is 1.89. The lowest BCUT2D eigenvalue weighted by Gasteiger charge is -2.11. The molecule has 1 aromatic heterocycles. The Labute approximate surface area is 168 Å². The number of aromatic nitrogens is 2. The van der Waals surface area contributed by atoms with Crippen LogP contribution in [0.25, 0.3) is 0 Å². The molecule has 1 heterocycles. The number of benzene rings is 2. The van der Waals surface area contributed by atoms with Gasteiger partial charge >= 0.3 is 0 Å². The Kier molecular flexibility index (Phi) is 5.65. The van der Waals surface area contributed by atoms with Gasteiger partial charge in [0.05, 0.1) is 4.90 Å². The number of nitrogens with zero attached hydrogens (tertiary/aromatic N) is 2. The molecule has 0 atom stereocenters. The molecular formula is C21H21N3O4S. The molecule has 1 N–H and O–H groups in total. The topological polar surface area (TPSA) is 98.1 Å². The first-order valence-electron chi connectivity index (χ1n) is 8.94. The van der Waals surface area contributed by atoms with E-state index in [2.05, 4.69) is 10.4 Å². The second kappa shape index (κ2) is 8.00. The highest BCUT2D eigenvalue weighted by Crippen LogP contribution is 2.19. The molecule has 0 bridgehead atoms. The lowest BCUT2D eigenvalue weighted by Crippen LogP contribution is -2.30. The van der Waals surface area contributed by atoms with Gasteiger partial charge in [-0.15, -0.1) is 0 Å². The number of nitrogens with one attached hydrogen (secondary N) is 1. The van der Waals surface area contributed by atoms with Crippen molar-refractivity contribution in [2.24, 2.45) is 0 Å². The Bertz CT molecular complexity index is 1250. The first kappa shape index (κ1) is 20.5. The number of rotatable bonds is 5. The van der Waals surface area contributed by atoms with Gasteiger partial charge in [-0.25, -0.2) is 13.1 Å². The van der Waals surface area contributed by atoms with Gasteiger partial charge in [-0.1, -0.05) is 24.3 Å². The summed E-state index contributed by atoms with van der Waals surface area (Å²) < 4.78 is 26.5. The molecule has 0 fully saturated rings. The van der Waals surface area contributed by atoms with Crippen molar-refractivity contribution in [3.8, 4) is 0 Å². The highest BCUT2D eigenvalue weighted by atomic mass is 32.2. The van der Waals surface area contributed by atoms with Gasteiger partial charge in [0.1, 0.15) is 6.54 Å². The molecule has 3 rings (SSSR count). The number of carbonyl (C=O) groups excluding carboxylic acids is 1. The largest absolute Gasteiger partial charge is 0.324 e. The van der Waals surface area contributed by atoms with Crippen LogP contribution in [-0.4, -0.2) is 24.1 Å². The highest BCUT2D eigenvalue weighted by molar-refractivity contribution is 7.91. The molecule has 0 unspecified atom stereocenters. The lowest BCUT2D eigenvalue weighted by molar-refractivity contribution is -0.117. The Morgan fingerprint density at radius 3 is 2.48 bits per heavy atom. The van der Waals surface area contributed by atoms with Crippen LogP contribution in [0.3, 0.4) is 0 Å². The number of amides is 1. The second-order valence-electron chi connectivity index (χ2n) is 6.78. The molecule has 0 aliphatic carbocycles. The first-order chi connectivity index (χ1) is 13.7. The molecule has 7 nitrogen and oxygen atoms in total. The summed E-state index contributed by atoms with van der Waals surface area (Å²) in [7, 11) is -3.91. The number of anilines is 1. The van der Waals surface area contributed by atoms with Crippen LogP contribution in [0.5, 0.6) is 0 Å². The SMILES string of the molecule is Cc1cccc(S(=O)(=O)c2ccc(=O)n(CC(=O)Nc3cccc(C)c3C)n2)c1. The third-order valence-electron chi connectivity index (χ3n) is 4.59. The number of hydrogen-bond acceptors (Lipinski definition) is 5. The zero-order valence-corrected chi connectivity index (χ0v) is 17.2. The van der Waals surface area contributed by atoms with Crippen molar-refractivity contribution in [1.82, 2.24) is 9.78 Å². The molecule has 8 heteroatoms. The first-order valence-corrected chi connectivity index (χ1v) is 10.4. The van der Waals surface area contributed by atoms with Gasteiger partial charge in [0.15, 0.2) is 5.03 Å². The van der Waals surface area contributed by atoms with Crippen LogP contribution in [-0.2, 0) is 21.2 Å². The molecule has 0 saturated heterocycles. The van der Waals surface area contributed by atoms with E-state index in [9.17, 15) is 18.0 Å². The Morgan fingerprint density at radius 1 is 1.03 bits per heavy atom. The molecule has 0 aliphatic rings. The van der Waals surface area contributed by atoms with Crippen LogP contribution in [0.1, 0.15) is 16.7 Å². The van der Waals surface area contributed by atoms with E-state index in [0.717, 1.165) is 33.5 Å². The van der Waals surface area contributed by atoms with E-state index < -0.39 is 27.8 Å². The van der Waals surface area contributed by atoms with E-state index in [1.54, 1.807) is 25.1 Å². The van der Waals surface area contributed by atoms with Gasteiger partial charge in [0.25, 0.3) is 5.56 Å². The quantitative estimate of drug-likeness (QED) is 0.696. The van der Waals surface area contributed by atoms with Gasteiger partial charge < -0.3 is 5.32 Å². The van der Waals surface area contributed by atoms with E-state index in [1.807, 2.05) is 26.0 Å². The minimum Gasteiger partial charge on any atom is -0.324 e. The third-order valence-corrected chi connectivity index (χ3v) is 6.23. The lowest BCUT2D eigenvalue weighted by atomic mass is 10.1. The van der Waals surface area contributed by atoms with Gasteiger partial charge in [-0.05, 0) is 61.7 Å². The molecule has 29 heavy (non-hydrogen) atoms. The van der Waals surface area contributed by atoms with Crippen LogP contribution in [0.15, 0.2) is 69.3 Å². The van der Waals surface area contributed by atoms with Crippen molar-refractivity contribution in [3.63, 3.8) is 0 Å². The molecule has 0 spiro atoms. The maximum Gasteiger partial charge on any atom is 0.267 e. The normalized spacial score (nSPS) is 11.3. The van der Waals surface area contributed by atoms with Gasteiger partial charge in [0, 0.05) is 11.8 Å². The van der Waals surface area contributed by atoms with Crippen LogP contribution in [0.2, 0.25) is 0 Å². The van der Waals surface area contributed by atoms with Crippen molar-refractivity contribution in [1.29, 1.82) is 0 Å². The molecule has 0 radical (unpaired) electrons. The molecule has 150 valence electrons. The van der Waals surface area contributed by atoms with Crippen molar-refractivity contribution in [3.05, 3.63) is 81.6 Å². The fourth-order valence-corrected chi connectivity index (χ4v) is 4.10. The van der Waals surface area contributed by atoms with Crippen molar-refractivity contribution < 1.29 is 13.2 Å². The van der Waals surface area contributed by atoms with Gasteiger partial charge in [-0.2, -0.15) is 5.10 Å². The zero-order valence-electron chi connectivity index (χ0n) is 16.3. The summed E-state index contributed by atoms with van der Waals surface area (Å²) in [6, 6.07) is 14.2. The number of carbonyl (C=O) groups is 1. The number of aryl methyl sites for hydroxylation is 2. The van der Waals surface area contributed by atoms with Crippen LogP contribution < -0.4 is 10.9 Å². The van der Waals surface area contributed by atoms with E-state index in [1.165, 1.54) is 12.1 Å². The standard InChI is InChI=1S/C21H21N3O4S/c1-14-6-4-8-17(12-14)29(27,28)20-10-11-21(26)24(23-20)13-19(25)22-18-9-5-7-15(2)16(18)3/h4-12H,13H2,1-3H3,(H,22,25). The second-order valence-corrected chi connectivity index (χ2v) is 8.68. The fraction of sp³-hybridized carbons (Fsp3) is 0.190. The summed E-state index contributed by atoms with van der Waals surface area (Å²) in [4.78, 5) is 24.6. The predicted molar refractivity (Wildman–Crippen MR) is 110 cm³/mol. The number of sulfone groups is 1. The Hall–Kier alpha value is -3.26. The van der Waals surface area contributed by atoms with E-state index >= 15 is 0 Å². The molecule has 1 amide bonds. The maximum absolute atomic E-state index is 12.8. The van der Waals surface area contributed by atoms with Crippen LogP contribution in [0.4, 0.5) is 5.69 Å². The molecular weight excluding hydrogens is 390 g/mol. The summed E-state index contributed by atoms with van der Waals surface area (Å²) in [5, 5.41) is 6.37. The molecule has 2 aromatic carbocycles. The van der Waals surface area contributed by atoms with Crippen molar-refractivity contribution in [2.75, 3.05) is 5.32 Å². The molecule has 0 aliphatic heterocycles. The zero-order chi connectivity index (χ0) is 21.2. The van der Waals surface area contributed by atoms with Gasteiger partial charge in [0.2, 0.25) is 15.7 Å². The monoisotopic (exact) mass is 411 g/mol. The Morgan fingerprint density at radius 2 is 1.76 bits per heavy atom. The summed E-state index contributed by atoms with van der Waals surface area (Å²) in [5.41, 5.74) is 2.78. The minimum absolute atomic E-state index is 0.0787. The summed E-state index contributed by atoms with van der Waals surface area (Å²) in [6.45, 7) is 5.19. The van der Waals surface area contributed by atoms with Crippen molar-refractivity contribution in [2.45, 2.75) is 37.2 Å². The van der Waals surface area contributed by atoms with Crippen LogP contribution in [0, 0.1) is 20.8 Å². The molecule has 0 saturated carbocycles. The minimum atomic E-state index is -3.91. The summed E-state index contributed by atoms with van der Waals surface area (Å²) in [6.07, 6.45) is 0. The smallest absolute Gasteiger partial charge is 0.267 e. The highest BCUT2D eigenvalue weighted by Gasteiger charge is 2.21. The van der Waals surface area contributed by atoms with E-state index in [-0.39, 0.29) is 9.92 Å². The third kappa shape index (κ3) is 4.43. The maximum atomic E-state index is 12.8. The fourth-order valence-electron chi connectivity index (χ4n) is 2.80. The van der Waals surface area contributed by atoms with E-state index in [0.29, 0.717) is 5.69 Å².